The molecule has 0 aromatic heterocycles. The average Bonchev–Trinajstić information content (AvgIpc) is 2.87. The van der Waals surface area contributed by atoms with Crippen molar-refractivity contribution in [1.29, 1.82) is 0 Å². The number of hydrogen-bond donors (Lipinski definition) is 2. The van der Waals surface area contributed by atoms with Gasteiger partial charge in [-0.15, -0.1) is 5.92 Å². The van der Waals surface area contributed by atoms with Gasteiger partial charge in [0.05, 0.1) is 19.6 Å². The molecule has 0 bridgehead atoms. The van der Waals surface area contributed by atoms with E-state index in [2.05, 4.69) is 70.7 Å². The smallest absolute Gasteiger partial charge is 0.240 e. The molecule has 9 heteroatoms. The molecule has 35 heavy (non-hydrogen) atoms. The van der Waals surface area contributed by atoms with Crippen molar-refractivity contribution in [2.75, 3.05) is 39.3 Å². The second kappa shape index (κ2) is 13.4. The minimum Gasteiger partial charge on any atom is -0.760 e. The van der Waals surface area contributed by atoms with Crippen LogP contribution in [0.4, 0.5) is 0 Å². The van der Waals surface area contributed by atoms with Crippen molar-refractivity contribution in [3.63, 3.8) is 0 Å². The first-order chi connectivity index (χ1) is 16.9. The summed E-state index contributed by atoms with van der Waals surface area (Å²) in [7, 11) is 0. The zero-order valence-electron chi connectivity index (χ0n) is 20.3. The zero-order valence-corrected chi connectivity index (χ0v) is 21.1. The number of nitrogens with zero attached hydrogens (tertiary/aromatic N) is 2. The van der Waals surface area contributed by atoms with Gasteiger partial charge in [0.2, 0.25) is 11.8 Å². The average molecular weight is 498 g/mol. The lowest BCUT2D eigenvalue weighted by Crippen LogP contribution is -2.45. The summed E-state index contributed by atoms with van der Waals surface area (Å²) < 4.78 is 24.6. The Kier molecular flexibility index (Phi) is 10.2. The molecule has 3 rings (SSSR count). The van der Waals surface area contributed by atoms with Crippen molar-refractivity contribution < 1.29 is 18.4 Å². The lowest BCUT2D eigenvalue weighted by atomic mass is 9.93. The van der Waals surface area contributed by atoms with E-state index in [0.717, 1.165) is 30.2 Å². The molecule has 2 amide bonds. The van der Waals surface area contributed by atoms with Gasteiger partial charge in [-0.2, -0.15) is 0 Å². The first kappa shape index (κ1) is 26.8. The molecule has 0 saturated carbocycles. The fourth-order valence-electron chi connectivity index (χ4n) is 4.49. The summed E-state index contributed by atoms with van der Waals surface area (Å²) in [6.07, 6.45) is 1.70. The molecule has 0 spiro atoms. The summed E-state index contributed by atoms with van der Waals surface area (Å²) in [5.41, 5.74) is 1.30. The quantitative estimate of drug-likeness (QED) is 0.386. The zero-order chi connectivity index (χ0) is 25.2. The van der Waals surface area contributed by atoms with Gasteiger partial charge in [0, 0.05) is 23.9 Å². The maximum Gasteiger partial charge on any atom is 0.240 e. The van der Waals surface area contributed by atoms with Gasteiger partial charge in [0.25, 0.3) is 0 Å². The summed E-state index contributed by atoms with van der Waals surface area (Å²) in [4.78, 5) is 26.3. The predicted octanol–water partition coefficient (Wildman–Crippen LogP) is 1.96. The molecule has 0 aliphatic carbocycles. The molecule has 2 aromatic rings. The van der Waals surface area contributed by atoms with Crippen LogP contribution < -0.4 is 10.6 Å². The maximum absolute atomic E-state index is 12.2. The number of piperidine rings is 1. The van der Waals surface area contributed by atoms with Crippen molar-refractivity contribution in [1.82, 2.24) is 19.8 Å². The van der Waals surface area contributed by atoms with E-state index >= 15 is 0 Å². The monoisotopic (exact) mass is 497 g/mol. The van der Waals surface area contributed by atoms with Crippen LogP contribution in [0.3, 0.4) is 0 Å². The minimum absolute atomic E-state index is 0.174. The molecular weight excluding hydrogens is 464 g/mol. The Labute approximate surface area is 209 Å². The molecule has 188 valence electrons. The second-order valence-electron chi connectivity index (χ2n) is 8.74. The van der Waals surface area contributed by atoms with Crippen LogP contribution in [0.15, 0.2) is 42.5 Å². The highest BCUT2D eigenvalue weighted by molar-refractivity contribution is 7.76. The Morgan fingerprint density at radius 3 is 2.57 bits per heavy atom. The highest BCUT2D eigenvalue weighted by Gasteiger charge is 2.26. The predicted molar refractivity (Wildman–Crippen MR) is 137 cm³/mol. The molecule has 2 atom stereocenters. The normalized spacial score (nSPS) is 16.3. The van der Waals surface area contributed by atoms with E-state index in [4.69, 9.17) is 0 Å². The van der Waals surface area contributed by atoms with Gasteiger partial charge in [0.1, 0.15) is 0 Å². The van der Waals surface area contributed by atoms with Crippen LogP contribution in [-0.2, 0) is 20.9 Å². The SMILES string of the molecule is CC#CCNC(=O)CNC(=O)CN(CC1CCN(C(C)c2cccc3ccccc23)CC1)S(=O)[O-]. The summed E-state index contributed by atoms with van der Waals surface area (Å²) >= 11 is -2.52. The van der Waals surface area contributed by atoms with Crippen LogP contribution >= 0.6 is 0 Å². The van der Waals surface area contributed by atoms with Gasteiger partial charge in [-0.1, -0.05) is 48.4 Å². The highest BCUT2D eigenvalue weighted by atomic mass is 32.2. The van der Waals surface area contributed by atoms with Crippen LogP contribution in [0.1, 0.15) is 38.3 Å². The number of amides is 2. The molecule has 0 radical (unpaired) electrons. The van der Waals surface area contributed by atoms with E-state index < -0.39 is 17.2 Å². The van der Waals surface area contributed by atoms with Gasteiger partial charge in [0.15, 0.2) is 0 Å². The van der Waals surface area contributed by atoms with Crippen molar-refractivity contribution in [2.24, 2.45) is 5.92 Å². The molecule has 1 heterocycles. The molecule has 1 aliphatic heterocycles. The van der Waals surface area contributed by atoms with E-state index in [-0.39, 0.29) is 44.0 Å². The molecule has 2 N–H and O–H groups in total. The third-order valence-corrected chi connectivity index (χ3v) is 7.16. The topological polar surface area (TPSA) is 105 Å². The number of fused-ring (bicyclic) bond motifs is 1. The van der Waals surface area contributed by atoms with Crippen LogP contribution in [0.5, 0.6) is 0 Å². The fraction of sp³-hybridized carbons (Fsp3) is 0.462. The van der Waals surface area contributed by atoms with Gasteiger partial charge < -0.3 is 15.2 Å². The number of carbonyl (C=O) groups is 2. The largest absolute Gasteiger partial charge is 0.760 e. The number of nitrogens with one attached hydrogen (secondary N) is 2. The molecule has 2 aromatic carbocycles. The Morgan fingerprint density at radius 1 is 1.14 bits per heavy atom. The Balaban J connectivity index is 1.48. The standard InChI is InChI=1S/C26H34N4O4S/c1-3-4-14-27-25(31)17-28-26(32)19-30(35(33)34)18-21-12-15-29(16-13-21)20(2)23-11-7-9-22-8-5-6-10-24(22)23/h5-11,20-21H,12-19H2,1-2H3,(H,27,31)(H,28,32)(H,33,34)/p-1. The second-order valence-corrected chi connectivity index (χ2v) is 9.69. The van der Waals surface area contributed by atoms with Crippen LogP contribution in [0, 0.1) is 17.8 Å². The van der Waals surface area contributed by atoms with Crippen LogP contribution in [-0.4, -0.2) is 69.0 Å². The summed E-state index contributed by atoms with van der Waals surface area (Å²) in [5.74, 6) is 4.65. The van der Waals surface area contributed by atoms with Crippen molar-refractivity contribution in [2.45, 2.75) is 32.7 Å². The minimum atomic E-state index is -2.52. The van der Waals surface area contributed by atoms with Gasteiger partial charge >= 0.3 is 0 Å². The first-order valence-electron chi connectivity index (χ1n) is 11.9. The lowest BCUT2D eigenvalue weighted by molar-refractivity contribution is -0.126. The van der Waals surface area contributed by atoms with Crippen molar-refractivity contribution in [3.8, 4) is 11.8 Å². The first-order valence-corrected chi connectivity index (χ1v) is 12.9. The maximum atomic E-state index is 12.2. The Morgan fingerprint density at radius 2 is 1.86 bits per heavy atom. The van der Waals surface area contributed by atoms with E-state index in [0.29, 0.717) is 0 Å². The molecule has 1 saturated heterocycles. The van der Waals surface area contributed by atoms with Gasteiger partial charge in [-0.3, -0.25) is 18.7 Å². The van der Waals surface area contributed by atoms with Crippen molar-refractivity contribution >= 4 is 33.9 Å². The fourth-order valence-corrected chi connectivity index (χ4v) is 5.04. The number of likely N-dealkylation sites (tertiary alicyclic amines) is 1. The molecule has 1 fully saturated rings. The Hall–Kier alpha value is -2.77. The van der Waals surface area contributed by atoms with E-state index in [9.17, 15) is 18.4 Å². The van der Waals surface area contributed by atoms with E-state index in [1.54, 1.807) is 6.92 Å². The number of rotatable bonds is 10. The molecular formula is C26H33N4O4S-. The Bertz CT molecular complexity index is 1100. The third kappa shape index (κ3) is 7.87. The number of hydrogen-bond acceptors (Lipinski definition) is 5. The summed E-state index contributed by atoms with van der Waals surface area (Å²) in [5, 5.41) is 7.50. The van der Waals surface area contributed by atoms with Crippen LogP contribution in [0.25, 0.3) is 10.8 Å². The van der Waals surface area contributed by atoms with Gasteiger partial charge in [-0.25, -0.2) is 4.31 Å². The van der Waals surface area contributed by atoms with E-state index in [1.165, 1.54) is 16.3 Å². The van der Waals surface area contributed by atoms with Crippen LogP contribution in [0.2, 0.25) is 0 Å². The lowest BCUT2D eigenvalue weighted by Gasteiger charge is -2.38. The van der Waals surface area contributed by atoms with Crippen molar-refractivity contribution in [3.05, 3.63) is 48.0 Å². The summed E-state index contributed by atoms with van der Waals surface area (Å²) in [6, 6.07) is 15.0. The number of carbonyl (C=O) groups excluding carboxylic acids is 2. The highest BCUT2D eigenvalue weighted by Crippen LogP contribution is 2.31. The number of benzene rings is 2. The molecule has 2 unspecified atom stereocenters. The van der Waals surface area contributed by atoms with E-state index in [1.807, 2.05) is 6.07 Å². The molecule has 1 aliphatic rings. The third-order valence-electron chi connectivity index (χ3n) is 6.46. The summed E-state index contributed by atoms with van der Waals surface area (Å²) in [6.45, 7) is 5.59. The molecule has 8 nitrogen and oxygen atoms in total. The van der Waals surface area contributed by atoms with Gasteiger partial charge in [-0.05, 0) is 62.0 Å².